The minimum Gasteiger partial charge on any atom is -0.455 e. The lowest BCUT2D eigenvalue weighted by Gasteiger charge is -2.43. The number of likely N-dealkylation sites (N-methyl/N-ethyl adjacent to an activating group) is 1. The largest absolute Gasteiger partial charge is 0.455 e. The van der Waals surface area contributed by atoms with Gasteiger partial charge in [-0.25, -0.2) is 0 Å². The summed E-state index contributed by atoms with van der Waals surface area (Å²) in [6.45, 7) is 6.07. The van der Waals surface area contributed by atoms with E-state index in [-0.39, 0.29) is 28.9 Å². The van der Waals surface area contributed by atoms with E-state index in [2.05, 4.69) is 6.58 Å². The van der Waals surface area contributed by atoms with E-state index in [1.165, 1.54) is 6.08 Å². The third-order valence-corrected chi connectivity index (χ3v) is 5.63. The lowest BCUT2D eigenvalue weighted by molar-refractivity contribution is -0.129. The van der Waals surface area contributed by atoms with Crippen molar-refractivity contribution in [3.63, 3.8) is 0 Å². The lowest BCUT2D eigenvalue weighted by atomic mass is 10.0. The van der Waals surface area contributed by atoms with Crippen molar-refractivity contribution in [1.29, 1.82) is 0 Å². The van der Waals surface area contributed by atoms with E-state index >= 15 is 0 Å². The molecule has 1 saturated heterocycles. The Morgan fingerprint density at radius 3 is 2.50 bits per heavy atom. The summed E-state index contributed by atoms with van der Waals surface area (Å²) in [5.41, 5.74) is 1.77. The smallest absolute Gasteiger partial charge is 0.257 e. The molecule has 0 N–H and O–H groups in total. The fourth-order valence-electron chi connectivity index (χ4n) is 3.70. The number of rotatable bonds is 4. The van der Waals surface area contributed by atoms with Gasteiger partial charge in [0, 0.05) is 31.3 Å². The minimum atomic E-state index is -0.220. The summed E-state index contributed by atoms with van der Waals surface area (Å²) >= 11 is 0. The van der Waals surface area contributed by atoms with Crippen LogP contribution in [0.1, 0.15) is 15.9 Å². The molecule has 152 valence electrons. The first-order valence-corrected chi connectivity index (χ1v) is 9.72. The van der Waals surface area contributed by atoms with Crippen LogP contribution in [0.2, 0.25) is 0 Å². The van der Waals surface area contributed by atoms with Crippen LogP contribution in [0.25, 0.3) is 22.3 Å². The molecule has 1 aromatic heterocycles. The molecule has 6 heteroatoms. The monoisotopic (exact) mass is 402 g/mol. The Bertz CT molecular complexity index is 1210. The van der Waals surface area contributed by atoms with Crippen LogP contribution in [-0.4, -0.2) is 47.8 Å². The van der Waals surface area contributed by atoms with Crippen molar-refractivity contribution < 1.29 is 14.0 Å². The van der Waals surface area contributed by atoms with Crippen molar-refractivity contribution in [2.45, 2.75) is 13.0 Å². The zero-order chi connectivity index (χ0) is 21.4. The van der Waals surface area contributed by atoms with Gasteiger partial charge in [0.1, 0.15) is 5.76 Å². The molecule has 6 nitrogen and oxygen atoms in total. The lowest BCUT2D eigenvalue weighted by Crippen LogP contribution is -2.61. The SMILES string of the molecule is C=CC(=O)N(C)C1CN(C(=O)c2cccc3c(=O)c(C)c(-c4ccccc4)oc23)C1. The fourth-order valence-corrected chi connectivity index (χ4v) is 3.70. The van der Waals surface area contributed by atoms with Gasteiger partial charge >= 0.3 is 0 Å². The number of amides is 2. The number of likely N-dealkylation sites (tertiary alicyclic amines) is 1. The summed E-state index contributed by atoms with van der Waals surface area (Å²) in [6, 6.07) is 14.4. The van der Waals surface area contributed by atoms with Gasteiger partial charge in [0.2, 0.25) is 5.91 Å². The molecule has 30 heavy (non-hydrogen) atoms. The van der Waals surface area contributed by atoms with Gasteiger partial charge in [-0.05, 0) is 25.1 Å². The molecule has 2 aromatic carbocycles. The molecule has 0 atom stereocenters. The molecule has 2 heterocycles. The molecule has 0 saturated carbocycles. The summed E-state index contributed by atoms with van der Waals surface area (Å²) in [4.78, 5) is 41.1. The Morgan fingerprint density at radius 1 is 1.13 bits per heavy atom. The van der Waals surface area contributed by atoms with E-state index in [4.69, 9.17) is 4.42 Å². The van der Waals surface area contributed by atoms with E-state index in [0.29, 0.717) is 35.4 Å². The van der Waals surface area contributed by atoms with Crippen molar-refractivity contribution in [3.05, 3.63) is 82.5 Å². The third kappa shape index (κ3) is 3.20. The summed E-state index contributed by atoms with van der Waals surface area (Å²) in [7, 11) is 1.70. The molecule has 0 radical (unpaired) electrons. The van der Waals surface area contributed by atoms with E-state index in [0.717, 1.165) is 5.56 Å². The van der Waals surface area contributed by atoms with Gasteiger partial charge in [0.15, 0.2) is 11.0 Å². The van der Waals surface area contributed by atoms with Gasteiger partial charge in [0.25, 0.3) is 5.91 Å². The van der Waals surface area contributed by atoms with Gasteiger partial charge in [0.05, 0.1) is 17.0 Å². The number of para-hydroxylation sites is 1. The molecule has 3 aromatic rings. The van der Waals surface area contributed by atoms with Gasteiger partial charge in [-0.3, -0.25) is 14.4 Å². The quantitative estimate of drug-likeness (QED) is 0.628. The molecule has 0 spiro atoms. The van der Waals surface area contributed by atoms with Gasteiger partial charge in [-0.1, -0.05) is 43.0 Å². The van der Waals surface area contributed by atoms with Crippen LogP contribution in [0.15, 0.2) is 70.4 Å². The highest BCUT2D eigenvalue weighted by atomic mass is 16.3. The Labute approximate surface area is 174 Å². The minimum absolute atomic E-state index is 0.0523. The highest BCUT2D eigenvalue weighted by Gasteiger charge is 2.36. The van der Waals surface area contributed by atoms with Gasteiger partial charge in [-0.15, -0.1) is 0 Å². The number of nitrogens with zero attached hydrogens (tertiary/aromatic N) is 2. The molecule has 0 bridgehead atoms. The predicted molar refractivity (Wildman–Crippen MR) is 115 cm³/mol. The number of benzene rings is 2. The molecule has 1 fully saturated rings. The van der Waals surface area contributed by atoms with Crippen molar-refractivity contribution in [1.82, 2.24) is 9.80 Å². The van der Waals surface area contributed by atoms with Crippen LogP contribution in [0.3, 0.4) is 0 Å². The van der Waals surface area contributed by atoms with Crippen molar-refractivity contribution in [2.75, 3.05) is 20.1 Å². The van der Waals surface area contributed by atoms with E-state index in [1.54, 1.807) is 42.0 Å². The van der Waals surface area contributed by atoms with Crippen molar-refractivity contribution >= 4 is 22.8 Å². The molecule has 1 aliphatic heterocycles. The first kappa shape index (κ1) is 19.6. The van der Waals surface area contributed by atoms with Crippen molar-refractivity contribution in [3.8, 4) is 11.3 Å². The molecule has 2 amide bonds. The molecule has 0 aliphatic carbocycles. The normalized spacial score (nSPS) is 13.7. The number of carbonyl (C=O) groups is 2. The summed E-state index contributed by atoms with van der Waals surface area (Å²) in [5, 5.41) is 0.383. The third-order valence-electron chi connectivity index (χ3n) is 5.63. The first-order chi connectivity index (χ1) is 14.4. The summed E-state index contributed by atoms with van der Waals surface area (Å²) in [5.74, 6) is 0.0692. The molecule has 1 aliphatic rings. The van der Waals surface area contributed by atoms with E-state index in [9.17, 15) is 14.4 Å². The van der Waals surface area contributed by atoms with E-state index < -0.39 is 0 Å². The average Bonchev–Trinajstić information content (AvgIpc) is 2.74. The van der Waals surface area contributed by atoms with Crippen LogP contribution in [0.4, 0.5) is 0 Å². The number of hydrogen-bond donors (Lipinski definition) is 0. The number of carbonyl (C=O) groups excluding carboxylic acids is 2. The maximum absolute atomic E-state index is 13.1. The maximum atomic E-state index is 13.1. The standard InChI is InChI=1S/C24H22N2O4/c1-4-20(27)25(3)17-13-26(14-17)24(29)19-12-8-11-18-21(28)15(2)22(30-23(18)19)16-9-6-5-7-10-16/h4-12,17H,1,13-14H2,2-3H3. The van der Waals surface area contributed by atoms with Gasteiger partial charge in [-0.2, -0.15) is 0 Å². The molecule has 0 unspecified atom stereocenters. The highest BCUT2D eigenvalue weighted by Crippen LogP contribution is 2.28. The second kappa shape index (κ2) is 7.63. The topological polar surface area (TPSA) is 70.8 Å². The maximum Gasteiger partial charge on any atom is 0.257 e. The van der Waals surface area contributed by atoms with Crippen LogP contribution >= 0.6 is 0 Å². The predicted octanol–water partition coefficient (Wildman–Crippen LogP) is 3.24. The number of hydrogen-bond acceptors (Lipinski definition) is 4. The molecular formula is C24H22N2O4. The number of fused-ring (bicyclic) bond motifs is 1. The second-order valence-corrected chi connectivity index (χ2v) is 7.45. The Morgan fingerprint density at radius 2 is 1.83 bits per heavy atom. The Balaban J connectivity index is 1.71. The average molecular weight is 402 g/mol. The first-order valence-electron chi connectivity index (χ1n) is 9.72. The summed E-state index contributed by atoms with van der Waals surface area (Å²) in [6.07, 6.45) is 1.26. The highest BCUT2D eigenvalue weighted by molar-refractivity contribution is 6.05. The van der Waals surface area contributed by atoms with Crippen molar-refractivity contribution in [2.24, 2.45) is 0 Å². The zero-order valence-electron chi connectivity index (χ0n) is 16.9. The fraction of sp³-hybridized carbons (Fsp3) is 0.208. The van der Waals surface area contributed by atoms with E-state index in [1.807, 2.05) is 30.3 Å². The van der Waals surface area contributed by atoms with Crippen LogP contribution in [-0.2, 0) is 4.79 Å². The van der Waals surface area contributed by atoms with Crippen LogP contribution in [0, 0.1) is 6.92 Å². The molecular weight excluding hydrogens is 380 g/mol. The zero-order valence-corrected chi connectivity index (χ0v) is 16.9. The van der Waals surface area contributed by atoms with Crippen LogP contribution in [0.5, 0.6) is 0 Å². The van der Waals surface area contributed by atoms with Gasteiger partial charge < -0.3 is 14.2 Å². The summed E-state index contributed by atoms with van der Waals surface area (Å²) < 4.78 is 6.14. The Kier molecular flexibility index (Phi) is 4.99. The Hall–Kier alpha value is -3.67. The second-order valence-electron chi connectivity index (χ2n) is 7.45. The molecule has 4 rings (SSSR count). The van der Waals surface area contributed by atoms with Crippen LogP contribution < -0.4 is 5.43 Å².